The summed E-state index contributed by atoms with van der Waals surface area (Å²) in [7, 11) is 0. The predicted octanol–water partition coefficient (Wildman–Crippen LogP) is -0.660. The third-order valence-electron chi connectivity index (χ3n) is 0.592. The van der Waals surface area contributed by atoms with Crippen LogP contribution in [-0.2, 0) is 9.53 Å². The van der Waals surface area contributed by atoms with Gasteiger partial charge in [-0.15, -0.1) is 0 Å². The van der Waals surface area contributed by atoms with Crippen LogP contribution >= 0.6 is 12.2 Å². The molecule has 0 aromatic heterocycles. The zero-order chi connectivity index (χ0) is 7.28. The van der Waals surface area contributed by atoms with Gasteiger partial charge in [0.2, 0.25) is 0 Å². The highest BCUT2D eigenvalue weighted by atomic mass is 32.1. The van der Waals surface area contributed by atoms with Gasteiger partial charge in [-0.2, -0.15) is 0 Å². The fraction of sp³-hybridized carbons (Fsp3) is 0.500. The quantitative estimate of drug-likeness (QED) is 0.224. The Bertz CT molecular complexity index is 126. The summed E-state index contributed by atoms with van der Waals surface area (Å²) in [6.45, 7) is 2.00. The van der Waals surface area contributed by atoms with E-state index in [-0.39, 0.29) is 4.99 Å². The van der Waals surface area contributed by atoms with Gasteiger partial charge in [0.05, 0.1) is 6.61 Å². The van der Waals surface area contributed by atoms with Crippen LogP contribution in [-0.4, -0.2) is 17.6 Å². The van der Waals surface area contributed by atoms with Crippen LogP contribution in [0.25, 0.3) is 0 Å². The van der Waals surface area contributed by atoms with E-state index in [1.165, 1.54) is 0 Å². The van der Waals surface area contributed by atoms with Crippen molar-refractivity contribution in [2.24, 2.45) is 5.84 Å². The van der Waals surface area contributed by atoms with Crippen molar-refractivity contribution in [2.75, 3.05) is 6.61 Å². The zero-order valence-corrected chi connectivity index (χ0v) is 5.83. The maximum atomic E-state index is 10.5. The maximum Gasteiger partial charge on any atom is 0.367 e. The lowest BCUT2D eigenvalue weighted by atomic mass is 10.7. The number of rotatable bonds is 1. The number of carbonyl (C=O) groups is 1. The van der Waals surface area contributed by atoms with Crippen molar-refractivity contribution >= 4 is 23.2 Å². The third-order valence-corrected chi connectivity index (χ3v) is 0.876. The smallest absolute Gasteiger partial charge is 0.367 e. The van der Waals surface area contributed by atoms with Crippen molar-refractivity contribution in [3.8, 4) is 0 Å². The van der Waals surface area contributed by atoms with Gasteiger partial charge in [0.1, 0.15) is 0 Å². The number of nitrogens with one attached hydrogen (secondary N) is 1. The molecule has 0 atom stereocenters. The Morgan fingerprint density at radius 2 is 2.44 bits per heavy atom. The normalized spacial score (nSPS) is 8.22. The average molecular weight is 148 g/mol. The molecule has 0 aromatic rings. The molecule has 0 radical (unpaired) electrons. The summed E-state index contributed by atoms with van der Waals surface area (Å²) in [6, 6.07) is 0. The van der Waals surface area contributed by atoms with Crippen LogP contribution < -0.4 is 11.3 Å². The number of hydrogen-bond donors (Lipinski definition) is 2. The molecule has 9 heavy (non-hydrogen) atoms. The highest BCUT2D eigenvalue weighted by molar-refractivity contribution is 7.81. The van der Waals surface area contributed by atoms with Crippen molar-refractivity contribution in [2.45, 2.75) is 6.92 Å². The fourth-order valence-corrected chi connectivity index (χ4v) is 0.314. The highest BCUT2D eigenvalue weighted by Gasteiger charge is 2.05. The van der Waals surface area contributed by atoms with E-state index in [4.69, 9.17) is 5.84 Å². The number of hydrazine groups is 1. The van der Waals surface area contributed by atoms with Crippen LogP contribution in [0.2, 0.25) is 0 Å². The number of nitrogens with two attached hydrogens (primary N) is 1. The Balaban J connectivity index is 3.60. The molecule has 0 rings (SSSR count). The summed E-state index contributed by atoms with van der Waals surface area (Å²) in [5.41, 5.74) is 2.01. The first kappa shape index (κ1) is 8.32. The molecule has 0 spiro atoms. The zero-order valence-electron chi connectivity index (χ0n) is 5.01. The van der Waals surface area contributed by atoms with Crippen LogP contribution in [0, 0.1) is 0 Å². The molecule has 0 heterocycles. The largest absolute Gasteiger partial charge is 0.461 e. The summed E-state index contributed by atoms with van der Waals surface area (Å²) in [4.78, 5) is 10.4. The van der Waals surface area contributed by atoms with Gasteiger partial charge in [0.15, 0.2) is 4.99 Å². The van der Waals surface area contributed by atoms with Crippen molar-refractivity contribution in [1.29, 1.82) is 0 Å². The molecule has 0 fully saturated rings. The molecule has 5 heteroatoms. The van der Waals surface area contributed by atoms with Crippen LogP contribution in [0.1, 0.15) is 6.92 Å². The van der Waals surface area contributed by atoms with E-state index in [0.29, 0.717) is 6.61 Å². The Morgan fingerprint density at radius 3 is 2.78 bits per heavy atom. The first-order valence-corrected chi connectivity index (χ1v) is 2.81. The molecule has 0 aliphatic rings. The van der Waals surface area contributed by atoms with Gasteiger partial charge in [-0.3, -0.25) is 0 Å². The highest BCUT2D eigenvalue weighted by Crippen LogP contribution is 1.78. The molecule has 0 saturated heterocycles. The van der Waals surface area contributed by atoms with Gasteiger partial charge in [0, 0.05) is 0 Å². The average Bonchev–Trinajstić information content (AvgIpc) is 1.87. The van der Waals surface area contributed by atoms with E-state index in [2.05, 4.69) is 17.0 Å². The van der Waals surface area contributed by atoms with Crippen molar-refractivity contribution in [3.05, 3.63) is 0 Å². The molecular weight excluding hydrogens is 140 g/mol. The monoisotopic (exact) mass is 148 g/mol. The fourth-order valence-electron chi connectivity index (χ4n) is 0.256. The second-order valence-corrected chi connectivity index (χ2v) is 1.60. The summed E-state index contributed by atoms with van der Waals surface area (Å²) < 4.78 is 4.47. The van der Waals surface area contributed by atoms with Gasteiger partial charge in [-0.25, -0.2) is 10.6 Å². The standard InChI is InChI=1S/C4H8N2O2S/c1-2-8-4(7)3(9)6-5/h2,5H2,1H3,(H,6,9). The minimum atomic E-state index is -0.588. The second-order valence-electron chi connectivity index (χ2n) is 1.19. The molecule has 0 unspecified atom stereocenters. The molecular formula is C4H8N2O2S. The van der Waals surface area contributed by atoms with Crippen molar-refractivity contribution in [3.63, 3.8) is 0 Å². The molecule has 0 bridgehead atoms. The third kappa shape index (κ3) is 2.99. The van der Waals surface area contributed by atoms with Crippen molar-refractivity contribution in [1.82, 2.24) is 5.43 Å². The van der Waals surface area contributed by atoms with Gasteiger partial charge >= 0.3 is 5.97 Å². The van der Waals surface area contributed by atoms with E-state index in [1.54, 1.807) is 6.92 Å². The number of esters is 1. The van der Waals surface area contributed by atoms with E-state index < -0.39 is 5.97 Å². The van der Waals surface area contributed by atoms with Gasteiger partial charge < -0.3 is 10.2 Å². The molecule has 0 aliphatic carbocycles. The number of hydrogen-bond acceptors (Lipinski definition) is 4. The topological polar surface area (TPSA) is 64.3 Å². The minimum Gasteiger partial charge on any atom is -0.461 e. The van der Waals surface area contributed by atoms with E-state index in [0.717, 1.165) is 0 Å². The molecule has 52 valence electrons. The lowest BCUT2D eigenvalue weighted by Crippen LogP contribution is -2.35. The molecule has 4 nitrogen and oxygen atoms in total. The van der Waals surface area contributed by atoms with E-state index in [1.807, 2.05) is 5.43 Å². The van der Waals surface area contributed by atoms with Crippen LogP contribution in [0.4, 0.5) is 0 Å². The first-order valence-electron chi connectivity index (χ1n) is 2.40. The summed E-state index contributed by atoms with van der Waals surface area (Å²) in [5, 5.41) is 0. The predicted molar refractivity (Wildman–Crippen MR) is 36.6 cm³/mol. The van der Waals surface area contributed by atoms with Gasteiger partial charge in [-0.05, 0) is 6.92 Å². The van der Waals surface area contributed by atoms with Crippen LogP contribution in [0.15, 0.2) is 0 Å². The van der Waals surface area contributed by atoms with Crippen LogP contribution in [0.3, 0.4) is 0 Å². The number of ether oxygens (including phenoxy) is 1. The molecule has 3 N–H and O–H groups in total. The Hall–Kier alpha value is -0.680. The Labute approximate surface area is 58.3 Å². The minimum absolute atomic E-state index is 0.100. The molecule has 0 aliphatic heterocycles. The number of carbonyl (C=O) groups excluding carboxylic acids is 1. The lowest BCUT2D eigenvalue weighted by molar-refractivity contribution is -0.135. The summed E-state index contributed by atoms with van der Waals surface area (Å²) in [5.74, 6) is 4.22. The molecule has 0 amide bonds. The first-order chi connectivity index (χ1) is 4.22. The Kier molecular flexibility index (Phi) is 3.90. The lowest BCUT2D eigenvalue weighted by Gasteiger charge is -1.99. The van der Waals surface area contributed by atoms with E-state index >= 15 is 0 Å². The SMILES string of the molecule is CCOC(=O)C(=S)NN. The van der Waals surface area contributed by atoms with Crippen LogP contribution in [0.5, 0.6) is 0 Å². The maximum absolute atomic E-state index is 10.5. The second kappa shape index (κ2) is 4.22. The van der Waals surface area contributed by atoms with Gasteiger partial charge in [-0.1, -0.05) is 12.2 Å². The Morgan fingerprint density at radius 1 is 1.89 bits per heavy atom. The number of thiocarbonyl (C=S) groups is 1. The summed E-state index contributed by atoms with van der Waals surface area (Å²) in [6.07, 6.45) is 0. The summed E-state index contributed by atoms with van der Waals surface area (Å²) >= 11 is 4.43. The van der Waals surface area contributed by atoms with Gasteiger partial charge in [0.25, 0.3) is 0 Å². The molecule has 0 saturated carbocycles. The molecule has 0 aromatic carbocycles. The van der Waals surface area contributed by atoms with E-state index in [9.17, 15) is 4.79 Å². The van der Waals surface area contributed by atoms with Crippen molar-refractivity contribution < 1.29 is 9.53 Å².